The number of carbonyl (C=O) groups is 3. The maximum absolute atomic E-state index is 13.0. The van der Waals surface area contributed by atoms with Gasteiger partial charge in [0.15, 0.2) is 5.78 Å². The number of aromatic amines is 1. The molecule has 1 atom stereocenters. The highest BCUT2D eigenvalue weighted by Crippen LogP contribution is 2.26. The van der Waals surface area contributed by atoms with E-state index in [9.17, 15) is 14.4 Å². The fourth-order valence-corrected chi connectivity index (χ4v) is 4.07. The number of ketones is 1. The van der Waals surface area contributed by atoms with Crippen molar-refractivity contribution in [3.05, 3.63) is 71.4 Å². The van der Waals surface area contributed by atoms with E-state index < -0.39 is 11.6 Å². The fraction of sp³-hybridized carbons (Fsp3) is 0.292. The molecule has 2 N–H and O–H groups in total. The van der Waals surface area contributed by atoms with Crippen LogP contribution < -0.4 is 5.32 Å². The Hall–Kier alpha value is -3.41. The molecule has 6 nitrogen and oxygen atoms in total. The van der Waals surface area contributed by atoms with Crippen molar-refractivity contribution in [3.63, 3.8) is 0 Å². The smallest absolute Gasteiger partial charge is 0.325 e. The predicted octanol–water partition coefficient (Wildman–Crippen LogP) is 3.86. The number of Topliss-reactive ketones (excluding diaryl/α,β-unsaturated/α-hetero) is 1. The Bertz CT molecular complexity index is 1120. The average molecular weight is 403 g/mol. The lowest BCUT2D eigenvalue weighted by Crippen LogP contribution is -2.44. The lowest BCUT2D eigenvalue weighted by Gasteiger charge is -2.21. The first-order chi connectivity index (χ1) is 14.4. The molecule has 30 heavy (non-hydrogen) atoms. The molecule has 6 heteroatoms. The summed E-state index contributed by atoms with van der Waals surface area (Å²) in [6.07, 6.45) is 3.64. The van der Waals surface area contributed by atoms with Crippen LogP contribution in [0.2, 0.25) is 0 Å². The summed E-state index contributed by atoms with van der Waals surface area (Å²) in [6.45, 7) is 3.51. The summed E-state index contributed by atoms with van der Waals surface area (Å²) in [5, 5.41) is 3.60. The molecule has 0 unspecified atom stereocenters. The van der Waals surface area contributed by atoms with E-state index in [-0.39, 0.29) is 18.2 Å². The van der Waals surface area contributed by atoms with Gasteiger partial charge in [0.05, 0.1) is 6.54 Å². The Morgan fingerprint density at radius 1 is 1.07 bits per heavy atom. The van der Waals surface area contributed by atoms with Crippen LogP contribution in [0.1, 0.15) is 41.8 Å². The molecule has 1 aliphatic rings. The lowest BCUT2D eigenvalue weighted by molar-refractivity contribution is -0.130. The molecular formula is C24H25N3O3. The highest BCUT2D eigenvalue weighted by atomic mass is 16.2. The summed E-state index contributed by atoms with van der Waals surface area (Å²) < 4.78 is 0. The second-order valence-electron chi connectivity index (χ2n) is 7.96. The van der Waals surface area contributed by atoms with Crippen molar-refractivity contribution in [1.29, 1.82) is 0 Å². The van der Waals surface area contributed by atoms with Gasteiger partial charge in [0.1, 0.15) is 5.54 Å². The number of benzene rings is 2. The van der Waals surface area contributed by atoms with Gasteiger partial charge in [-0.1, -0.05) is 55.5 Å². The van der Waals surface area contributed by atoms with Gasteiger partial charge in [-0.15, -0.1) is 0 Å². The SMILES string of the molecule is CCc1cccc2c(C(=O)CN3C(=O)N[C@](C)(CCc4ccccc4)C3=O)c[nH]c12. The van der Waals surface area contributed by atoms with E-state index >= 15 is 0 Å². The third-order valence-electron chi connectivity index (χ3n) is 5.89. The monoisotopic (exact) mass is 403 g/mol. The number of carbonyl (C=O) groups excluding carboxylic acids is 3. The number of rotatable bonds is 7. The predicted molar refractivity (Wildman–Crippen MR) is 115 cm³/mol. The zero-order valence-electron chi connectivity index (χ0n) is 17.2. The van der Waals surface area contributed by atoms with E-state index in [1.54, 1.807) is 13.1 Å². The molecule has 3 amide bonds. The molecule has 1 aliphatic heterocycles. The molecule has 1 fully saturated rings. The number of aryl methyl sites for hydroxylation is 2. The van der Waals surface area contributed by atoms with Gasteiger partial charge in [0, 0.05) is 22.7 Å². The average Bonchev–Trinajstić information content (AvgIpc) is 3.28. The van der Waals surface area contributed by atoms with Crippen molar-refractivity contribution < 1.29 is 14.4 Å². The number of nitrogens with one attached hydrogen (secondary N) is 2. The van der Waals surface area contributed by atoms with Crippen molar-refractivity contribution >= 4 is 28.6 Å². The van der Waals surface area contributed by atoms with Gasteiger partial charge in [0.25, 0.3) is 5.91 Å². The number of aromatic nitrogens is 1. The largest absolute Gasteiger partial charge is 0.360 e. The third-order valence-corrected chi connectivity index (χ3v) is 5.89. The third kappa shape index (κ3) is 3.49. The number of H-pyrrole nitrogens is 1. The number of fused-ring (bicyclic) bond motifs is 1. The van der Waals surface area contributed by atoms with Crippen LogP contribution in [-0.4, -0.2) is 39.7 Å². The van der Waals surface area contributed by atoms with Gasteiger partial charge in [-0.05, 0) is 37.3 Å². The summed E-state index contributed by atoms with van der Waals surface area (Å²) >= 11 is 0. The number of para-hydroxylation sites is 1. The van der Waals surface area contributed by atoms with Gasteiger partial charge >= 0.3 is 6.03 Å². The van der Waals surface area contributed by atoms with E-state index in [0.717, 1.165) is 33.4 Å². The molecule has 0 spiro atoms. The second-order valence-corrected chi connectivity index (χ2v) is 7.96. The van der Waals surface area contributed by atoms with Crippen LogP contribution >= 0.6 is 0 Å². The standard InChI is InChI=1S/C24H25N3O3/c1-3-17-10-7-11-18-19(14-25-21(17)18)20(28)15-27-22(29)24(2,26-23(27)30)13-12-16-8-5-4-6-9-16/h4-11,14,25H,3,12-13,15H2,1-2H3,(H,26,30)/t24-/m1/s1. The Balaban J connectivity index is 1.50. The summed E-state index contributed by atoms with van der Waals surface area (Å²) in [7, 11) is 0. The molecule has 1 aromatic heterocycles. The van der Waals surface area contributed by atoms with Crippen LogP contribution in [0, 0.1) is 0 Å². The molecule has 154 valence electrons. The minimum Gasteiger partial charge on any atom is -0.360 e. The first-order valence-corrected chi connectivity index (χ1v) is 10.2. The number of amides is 3. The summed E-state index contributed by atoms with van der Waals surface area (Å²) in [5.41, 5.74) is 2.63. The maximum Gasteiger partial charge on any atom is 0.325 e. The van der Waals surface area contributed by atoms with Gasteiger partial charge < -0.3 is 10.3 Å². The Morgan fingerprint density at radius 3 is 2.57 bits per heavy atom. The molecule has 0 saturated carbocycles. The summed E-state index contributed by atoms with van der Waals surface area (Å²) in [4.78, 5) is 42.7. The molecular weight excluding hydrogens is 378 g/mol. The van der Waals surface area contributed by atoms with Crippen LogP contribution in [0.15, 0.2) is 54.7 Å². The van der Waals surface area contributed by atoms with Crippen LogP contribution in [0.3, 0.4) is 0 Å². The van der Waals surface area contributed by atoms with Crippen LogP contribution in [-0.2, 0) is 17.6 Å². The zero-order valence-corrected chi connectivity index (χ0v) is 17.2. The van der Waals surface area contributed by atoms with Gasteiger partial charge in [-0.25, -0.2) is 4.79 Å². The molecule has 0 aliphatic carbocycles. The van der Waals surface area contributed by atoms with Crippen molar-refractivity contribution in [3.8, 4) is 0 Å². The van der Waals surface area contributed by atoms with Crippen molar-refractivity contribution in [2.75, 3.05) is 6.54 Å². The van der Waals surface area contributed by atoms with Gasteiger partial charge in [-0.3, -0.25) is 14.5 Å². The highest BCUT2D eigenvalue weighted by molar-refractivity contribution is 6.14. The second kappa shape index (κ2) is 7.78. The van der Waals surface area contributed by atoms with Crippen molar-refractivity contribution in [2.24, 2.45) is 0 Å². The number of imide groups is 1. The normalized spacial score (nSPS) is 18.8. The molecule has 0 bridgehead atoms. The molecule has 1 saturated heterocycles. The maximum atomic E-state index is 13.0. The van der Waals surface area contributed by atoms with E-state index in [2.05, 4.69) is 17.2 Å². The van der Waals surface area contributed by atoms with Crippen molar-refractivity contribution in [1.82, 2.24) is 15.2 Å². The highest BCUT2D eigenvalue weighted by Gasteiger charge is 2.47. The van der Waals surface area contributed by atoms with Gasteiger partial charge in [0.2, 0.25) is 0 Å². The number of hydrogen-bond acceptors (Lipinski definition) is 3. The van der Waals surface area contributed by atoms with E-state index in [1.807, 2.05) is 48.5 Å². The molecule has 2 heterocycles. The van der Waals surface area contributed by atoms with Crippen LogP contribution in [0.25, 0.3) is 10.9 Å². The van der Waals surface area contributed by atoms with E-state index in [0.29, 0.717) is 18.4 Å². The van der Waals surface area contributed by atoms with Gasteiger partial charge in [-0.2, -0.15) is 0 Å². The number of hydrogen-bond donors (Lipinski definition) is 2. The summed E-state index contributed by atoms with van der Waals surface area (Å²) in [6, 6.07) is 15.1. The summed E-state index contributed by atoms with van der Waals surface area (Å²) in [5.74, 6) is -0.615. The topological polar surface area (TPSA) is 82.3 Å². The zero-order chi connectivity index (χ0) is 21.3. The molecule has 0 radical (unpaired) electrons. The molecule has 3 aromatic rings. The van der Waals surface area contributed by atoms with E-state index in [4.69, 9.17) is 0 Å². The molecule has 4 rings (SSSR count). The van der Waals surface area contributed by atoms with Crippen molar-refractivity contribution in [2.45, 2.75) is 38.6 Å². The number of urea groups is 1. The first-order valence-electron chi connectivity index (χ1n) is 10.2. The Kier molecular flexibility index (Phi) is 5.16. The quantitative estimate of drug-likeness (QED) is 0.464. The number of nitrogens with zero attached hydrogens (tertiary/aromatic N) is 1. The minimum absolute atomic E-state index is 0.259. The van der Waals surface area contributed by atoms with E-state index in [1.165, 1.54) is 0 Å². The van der Waals surface area contributed by atoms with Crippen LogP contribution in [0.4, 0.5) is 4.79 Å². The molecule has 2 aromatic carbocycles. The Labute approximate surface area is 175 Å². The lowest BCUT2D eigenvalue weighted by atomic mass is 9.93. The Morgan fingerprint density at radius 2 is 1.83 bits per heavy atom. The van der Waals surface area contributed by atoms with Crippen LogP contribution in [0.5, 0.6) is 0 Å². The minimum atomic E-state index is -1.01. The fourth-order valence-electron chi connectivity index (χ4n) is 4.07. The first kappa shape index (κ1) is 19.9.